The highest BCUT2D eigenvalue weighted by molar-refractivity contribution is 7.84. The fraction of sp³-hybridized carbons (Fsp3) is 0.409. The number of para-hydroxylation sites is 1. The number of nitrogens with zero attached hydrogens (tertiary/aromatic N) is 1. The highest BCUT2D eigenvalue weighted by Gasteiger charge is 2.27. The average molecular weight is 418 g/mol. The van der Waals surface area contributed by atoms with E-state index in [1.165, 1.54) is 10.6 Å². The Morgan fingerprint density at radius 2 is 1.83 bits per heavy atom. The van der Waals surface area contributed by atoms with Gasteiger partial charge in [-0.05, 0) is 49.9 Å². The van der Waals surface area contributed by atoms with Crippen LogP contribution in [0, 0.1) is 5.82 Å². The van der Waals surface area contributed by atoms with Crippen molar-refractivity contribution in [3.63, 3.8) is 0 Å². The Kier molecular flexibility index (Phi) is 5.83. The van der Waals surface area contributed by atoms with E-state index in [-0.39, 0.29) is 17.4 Å². The van der Waals surface area contributed by atoms with E-state index in [4.69, 9.17) is 0 Å². The van der Waals surface area contributed by atoms with Crippen molar-refractivity contribution in [1.29, 1.82) is 0 Å². The maximum Gasteiger partial charge on any atom is 0.326 e. The van der Waals surface area contributed by atoms with Crippen LogP contribution in [0.1, 0.15) is 63.3 Å². The van der Waals surface area contributed by atoms with Gasteiger partial charge in [-0.25, -0.2) is 18.1 Å². The highest BCUT2D eigenvalue weighted by atomic mass is 32.2. The van der Waals surface area contributed by atoms with E-state index in [0.717, 1.165) is 11.1 Å². The first kappa shape index (κ1) is 21.5. The maximum absolute atomic E-state index is 14.8. The standard InChI is InChI=1S/C22H28FN3O2S/c1-13(2)15-11-10-14(12-17(15)23)19(25-29(28)22(3,4)5)16-8-7-9-18-20(16)24-21(27)26(18)6/h7-13,19,25H,1-6H3,(H,24,27). The second-order valence-corrected chi connectivity index (χ2v) is 10.6. The zero-order valence-electron chi connectivity index (χ0n) is 17.7. The SMILES string of the molecule is CC(C)c1ccc(C(NS(=O)C(C)(C)C)c2cccc3c2[nH]c(=O)n3C)cc1F. The molecule has 0 spiro atoms. The summed E-state index contributed by atoms with van der Waals surface area (Å²) in [6.07, 6.45) is 0. The summed E-state index contributed by atoms with van der Waals surface area (Å²) in [4.78, 5) is 15.0. The van der Waals surface area contributed by atoms with Crippen LogP contribution in [-0.4, -0.2) is 18.5 Å². The minimum Gasteiger partial charge on any atom is -0.305 e. The summed E-state index contributed by atoms with van der Waals surface area (Å²) in [7, 11) is 0.290. The van der Waals surface area contributed by atoms with E-state index in [2.05, 4.69) is 9.71 Å². The Morgan fingerprint density at radius 3 is 2.41 bits per heavy atom. The first-order valence-corrected chi connectivity index (χ1v) is 10.8. The van der Waals surface area contributed by atoms with Crippen molar-refractivity contribution in [3.05, 3.63) is 69.4 Å². The molecule has 2 unspecified atom stereocenters. The molecular weight excluding hydrogens is 389 g/mol. The number of aromatic nitrogens is 2. The van der Waals surface area contributed by atoms with Crippen LogP contribution in [0.5, 0.6) is 0 Å². The normalized spacial score (nSPS) is 14.5. The Labute approximate surface area is 172 Å². The summed E-state index contributed by atoms with van der Waals surface area (Å²) < 4.78 is 31.9. The van der Waals surface area contributed by atoms with E-state index in [1.807, 2.05) is 58.9 Å². The molecule has 2 N–H and O–H groups in total. The van der Waals surface area contributed by atoms with E-state index >= 15 is 0 Å². The molecule has 0 aliphatic carbocycles. The van der Waals surface area contributed by atoms with Crippen LogP contribution in [0.25, 0.3) is 11.0 Å². The van der Waals surface area contributed by atoms with Gasteiger partial charge in [0.1, 0.15) is 5.82 Å². The molecule has 1 aromatic heterocycles. The lowest BCUT2D eigenvalue weighted by atomic mass is 9.94. The number of hydrogen-bond donors (Lipinski definition) is 2. The third kappa shape index (κ3) is 4.21. The quantitative estimate of drug-likeness (QED) is 0.651. The number of benzene rings is 2. The molecule has 0 aliphatic heterocycles. The number of fused-ring (bicyclic) bond motifs is 1. The van der Waals surface area contributed by atoms with Gasteiger partial charge in [-0.1, -0.05) is 38.1 Å². The van der Waals surface area contributed by atoms with Gasteiger partial charge >= 0.3 is 5.69 Å². The zero-order chi connectivity index (χ0) is 21.5. The molecule has 5 nitrogen and oxygen atoms in total. The fourth-order valence-corrected chi connectivity index (χ4v) is 4.13. The van der Waals surface area contributed by atoms with Crippen LogP contribution < -0.4 is 10.4 Å². The largest absolute Gasteiger partial charge is 0.326 e. The summed E-state index contributed by atoms with van der Waals surface area (Å²) in [5.74, 6) is -0.229. The lowest BCUT2D eigenvalue weighted by molar-refractivity contribution is 0.591. The van der Waals surface area contributed by atoms with Crippen molar-refractivity contribution in [2.24, 2.45) is 7.05 Å². The van der Waals surface area contributed by atoms with Gasteiger partial charge in [0.15, 0.2) is 0 Å². The Bertz CT molecular complexity index is 1130. The van der Waals surface area contributed by atoms with Crippen molar-refractivity contribution < 1.29 is 8.60 Å². The van der Waals surface area contributed by atoms with Gasteiger partial charge < -0.3 is 4.98 Å². The molecule has 0 aliphatic rings. The molecule has 0 saturated carbocycles. The predicted molar refractivity (Wildman–Crippen MR) is 117 cm³/mol. The van der Waals surface area contributed by atoms with Crippen molar-refractivity contribution in [2.75, 3.05) is 0 Å². The molecule has 0 radical (unpaired) electrons. The van der Waals surface area contributed by atoms with Gasteiger partial charge in [0.2, 0.25) is 0 Å². The van der Waals surface area contributed by atoms with Crippen LogP contribution in [0.15, 0.2) is 41.2 Å². The summed E-state index contributed by atoms with van der Waals surface area (Å²) >= 11 is 0. The number of aromatic amines is 1. The number of halogens is 1. The molecule has 156 valence electrons. The predicted octanol–water partition coefficient (Wildman–Crippen LogP) is 4.27. The Morgan fingerprint density at radius 1 is 1.14 bits per heavy atom. The molecule has 3 rings (SSSR count). The molecule has 3 aromatic rings. The minimum atomic E-state index is -1.40. The average Bonchev–Trinajstić information content (AvgIpc) is 2.93. The van der Waals surface area contributed by atoms with Crippen LogP contribution in [0.4, 0.5) is 4.39 Å². The minimum absolute atomic E-state index is 0.0630. The van der Waals surface area contributed by atoms with Gasteiger partial charge in [-0.2, -0.15) is 0 Å². The number of H-pyrrole nitrogens is 1. The first-order valence-electron chi connectivity index (χ1n) is 9.65. The Balaban J connectivity index is 2.20. The lowest BCUT2D eigenvalue weighted by Gasteiger charge is -2.26. The number of hydrogen-bond acceptors (Lipinski definition) is 2. The van der Waals surface area contributed by atoms with Crippen molar-refractivity contribution in [2.45, 2.75) is 51.3 Å². The van der Waals surface area contributed by atoms with Crippen LogP contribution in [0.2, 0.25) is 0 Å². The van der Waals surface area contributed by atoms with Gasteiger partial charge in [0.25, 0.3) is 0 Å². The van der Waals surface area contributed by atoms with Crippen LogP contribution >= 0.6 is 0 Å². The summed E-state index contributed by atoms with van der Waals surface area (Å²) in [5.41, 5.74) is 3.19. The van der Waals surface area contributed by atoms with Crippen LogP contribution in [0.3, 0.4) is 0 Å². The molecule has 0 saturated heterocycles. The molecule has 29 heavy (non-hydrogen) atoms. The molecule has 0 amide bonds. The van der Waals surface area contributed by atoms with Gasteiger partial charge in [-0.15, -0.1) is 0 Å². The van der Waals surface area contributed by atoms with E-state index in [1.54, 1.807) is 13.1 Å². The van der Waals surface area contributed by atoms with Crippen molar-refractivity contribution in [1.82, 2.24) is 14.3 Å². The molecular formula is C22H28FN3O2S. The second kappa shape index (κ2) is 7.88. The second-order valence-electron chi connectivity index (χ2n) is 8.60. The summed E-state index contributed by atoms with van der Waals surface area (Å²) in [6.45, 7) is 9.51. The van der Waals surface area contributed by atoms with E-state index in [0.29, 0.717) is 16.6 Å². The first-order chi connectivity index (χ1) is 13.5. The molecule has 2 atom stereocenters. The lowest BCUT2D eigenvalue weighted by Crippen LogP contribution is -2.36. The maximum atomic E-state index is 14.8. The monoisotopic (exact) mass is 417 g/mol. The fourth-order valence-electron chi connectivity index (χ4n) is 3.30. The van der Waals surface area contributed by atoms with Crippen molar-refractivity contribution in [3.8, 4) is 0 Å². The number of rotatable bonds is 5. The topological polar surface area (TPSA) is 66.9 Å². The summed E-state index contributed by atoms with van der Waals surface area (Å²) in [6, 6.07) is 10.1. The van der Waals surface area contributed by atoms with Gasteiger partial charge in [-0.3, -0.25) is 4.57 Å². The van der Waals surface area contributed by atoms with E-state index in [9.17, 15) is 13.4 Å². The van der Waals surface area contributed by atoms with E-state index < -0.39 is 21.8 Å². The molecule has 0 fully saturated rings. The number of nitrogens with one attached hydrogen (secondary N) is 2. The van der Waals surface area contributed by atoms with Gasteiger partial charge in [0.05, 0.1) is 32.8 Å². The number of aryl methyl sites for hydroxylation is 1. The molecule has 0 bridgehead atoms. The third-order valence-corrected chi connectivity index (χ3v) is 6.61. The van der Waals surface area contributed by atoms with Crippen molar-refractivity contribution >= 4 is 22.0 Å². The van der Waals surface area contributed by atoms with Crippen LogP contribution in [-0.2, 0) is 18.0 Å². The zero-order valence-corrected chi connectivity index (χ0v) is 18.5. The third-order valence-electron chi connectivity index (χ3n) is 5.04. The van der Waals surface area contributed by atoms with Gasteiger partial charge in [0, 0.05) is 12.6 Å². The molecule has 2 aromatic carbocycles. The molecule has 7 heteroatoms. The summed E-state index contributed by atoms with van der Waals surface area (Å²) in [5, 5.41) is 0. The Hall–Kier alpha value is -2.25. The number of imidazole rings is 1. The highest BCUT2D eigenvalue weighted by Crippen LogP contribution is 2.31. The molecule has 1 heterocycles. The smallest absolute Gasteiger partial charge is 0.305 e.